The fourth-order valence-electron chi connectivity index (χ4n) is 3.74. The number of fused-ring (bicyclic) bond motifs is 2. The number of hydrogen-bond donors (Lipinski definition) is 2. The Morgan fingerprint density at radius 2 is 2.00 bits per heavy atom. The Balaban J connectivity index is 0.000000353. The Morgan fingerprint density at radius 1 is 1.24 bits per heavy atom. The summed E-state index contributed by atoms with van der Waals surface area (Å²) in [7, 11) is 0. The lowest BCUT2D eigenvalue weighted by molar-refractivity contribution is -0.159. The van der Waals surface area contributed by atoms with E-state index in [4.69, 9.17) is 19.8 Å². The molecular weight excluding hydrogens is 412 g/mol. The van der Waals surface area contributed by atoms with E-state index in [-0.39, 0.29) is 0 Å². The average Bonchev–Trinajstić information content (AvgIpc) is 3.30. The van der Waals surface area contributed by atoms with Crippen molar-refractivity contribution >= 4 is 35.4 Å². The van der Waals surface area contributed by atoms with Gasteiger partial charge in [0.15, 0.2) is 0 Å². The summed E-state index contributed by atoms with van der Waals surface area (Å²) in [5, 5.41) is 25.1. The second kappa shape index (κ2) is 9.82. The number of piperidine rings is 1. The maximum absolute atomic E-state index is 9.21. The lowest BCUT2D eigenvalue weighted by Crippen LogP contribution is -2.25. The maximum atomic E-state index is 9.21. The largest absolute Gasteiger partial charge is 0.473 e. The number of carboxylic acids is 2. The number of carbonyl (C=O) groups is 2. The van der Waals surface area contributed by atoms with E-state index in [0.717, 1.165) is 34.4 Å². The quantitative estimate of drug-likeness (QED) is 0.553. The van der Waals surface area contributed by atoms with Crippen molar-refractivity contribution in [3.05, 3.63) is 41.1 Å². The minimum absolute atomic E-state index is 0.546. The summed E-state index contributed by atoms with van der Waals surface area (Å²) in [6.45, 7) is 3.60. The van der Waals surface area contributed by atoms with Crippen molar-refractivity contribution in [2.24, 2.45) is 5.92 Å². The molecule has 0 aliphatic carbocycles. The first-order valence-corrected chi connectivity index (χ1v) is 10.8. The number of nitriles is 1. The van der Waals surface area contributed by atoms with Crippen LogP contribution in [0.3, 0.4) is 0 Å². The number of carboxylic acid groups (broad SMARTS) is 2. The number of nitrogens with zero attached hydrogens (tertiary/aromatic N) is 4. The van der Waals surface area contributed by atoms with Crippen LogP contribution in [0.1, 0.15) is 35.6 Å². The van der Waals surface area contributed by atoms with E-state index >= 15 is 0 Å². The zero-order valence-corrected chi connectivity index (χ0v) is 17.2. The van der Waals surface area contributed by atoms with Crippen LogP contribution in [-0.4, -0.2) is 55.4 Å². The van der Waals surface area contributed by atoms with Gasteiger partial charge in [0, 0.05) is 24.8 Å². The number of hydrogen-bond acceptors (Lipinski definition) is 8. The molecule has 2 saturated heterocycles. The van der Waals surface area contributed by atoms with Crippen LogP contribution in [0.2, 0.25) is 0 Å². The predicted octanol–water partition coefficient (Wildman–Crippen LogP) is 2.67. The molecule has 2 aliphatic heterocycles. The van der Waals surface area contributed by atoms with Gasteiger partial charge in [-0.2, -0.15) is 14.0 Å². The highest BCUT2D eigenvalue weighted by molar-refractivity contribution is 7.98. The van der Waals surface area contributed by atoms with Crippen molar-refractivity contribution in [2.45, 2.75) is 29.5 Å². The van der Waals surface area contributed by atoms with Crippen LogP contribution in [0.15, 0.2) is 29.3 Å². The normalized spacial score (nSPS) is 22.2. The highest BCUT2D eigenvalue weighted by Crippen LogP contribution is 2.41. The van der Waals surface area contributed by atoms with E-state index in [1.54, 1.807) is 11.8 Å². The monoisotopic (exact) mass is 432 g/mol. The fourth-order valence-corrected chi connectivity index (χ4v) is 5.51. The topological polar surface area (TPSA) is 127 Å². The molecule has 3 heterocycles. The Kier molecular flexibility index (Phi) is 7.19. The molecule has 2 fully saturated rings. The van der Waals surface area contributed by atoms with Crippen LogP contribution in [0, 0.1) is 17.2 Å². The fraction of sp³-hybridized carbons (Fsp3) is 0.421. The Hall–Kier alpha value is -2.48. The molecule has 0 amide bonds. The second-order valence-electron chi connectivity index (χ2n) is 6.89. The van der Waals surface area contributed by atoms with Crippen LogP contribution in [0.4, 0.5) is 0 Å². The molecule has 8 nitrogen and oxygen atoms in total. The summed E-state index contributed by atoms with van der Waals surface area (Å²) in [4.78, 5) is 20.8. The number of aliphatic carboxylic acids is 2. The molecule has 2 aromatic rings. The first-order valence-electron chi connectivity index (χ1n) is 9.11. The van der Waals surface area contributed by atoms with Crippen LogP contribution < -0.4 is 0 Å². The van der Waals surface area contributed by atoms with Crippen LogP contribution >= 0.6 is 23.5 Å². The molecule has 0 saturated carbocycles. The molecule has 2 bridgehead atoms. The van der Waals surface area contributed by atoms with Crippen molar-refractivity contribution in [2.75, 3.05) is 19.6 Å². The van der Waals surface area contributed by atoms with Crippen LogP contribution in [0.25, 0.3) is 0 Å². The molecule has 0 radical (unpaired) electrons. The van der Waals surface area contributed by atoms with Crippen LogP contribution in [-0.2, 0) is 15.3 Å². The van der Waals surface area contributed by atoms with Gasteiger partial charge in [0.25, 0.3) is 0 Å². The van der Waals surface area contributed by atoms with Crippen molar-refractivity contribution in [3.8, 4) is 6.07 Å². The van der Waals surface area contributed by atoms with Gasteiger partial charge in [0.1, 0.15) is 5.03 Å². The number of thioether (sulfide) groups is 1. The standard InChI is InChI=1S/C17H18N4S2.C2H2O4/c18-8-12-4-1-2-5-14(12)11-22-17-16(19-23-20-17)15-10-21-7-3-6-13(15)9-21;3-1(4)2(5)6/h1-2,4-5,13,15H,3,6-7,9-11H2;(H,3,4)(H,5,6). The molecule has 0 spiro atoms. The van der Waals surface area contributed by atoms with Gasteiger partial charge in [0.2, 0.25) is 0 Å². The SMILES string of the molecule is N#Cc1ccccc1CSc1nsnc1C1CN2CCCC1C2.O=C(O)C(=O)O. The van der Waals surface area contributed by atoms with Gasteiger partial charge in [-0.05, 0) is 36.9 Å². The second-order valence-corrected chi connectivity index (χ2v) is 8.38. The smallest absolute Gasteiger partial charge is 0.414 e. The summed E-state index contributed by atoms with van der Waals surface area (Å²) in [6.07, 6.45) is 2.64. The van der Waals surface area contributed by atoms with E-state index in [1.165, 1.54) is 43.4 Å². The van der Waals surface area contributed by atoms with Gasteiger partial charge in [-0.3, -0.25) is 0 Å². The maximum Gasteiger partial charge on any atom is 0.414 e. The molecule has 1 aromatic carbocycles. The van der Waals surface area contributed by atoms with Gasteiger partial charge < -0.3 is 15.1 Å². The zero-order chi connectivity index (χ0) is 20.8. The lowest BCUT2D eigenvalue weighted by Gasteiger charge is -2.21. The molecule has 2 N–H and O–H groups in total. The van der Waals surface area contributed by atoms with Gasteiger partial charge in [0.05, 0.1) is 29.1 Å². The number of benzene rings is 1. The molecule has 4 rings (SSSR count). The minimum Gasteiger partial charge on any atom is -0.473 e. The van der Waals surface area contributed by atoms with Gasteiger partial charge in [-0.15, -0.1) is 0 Å². The first kappa shape index (κ1) is 21.2. The molecule has 10 heteroatoms. The minimum atomic E-state index is -1.82. The summed E-state index contributed by atoms with van der Waals surface area (Å²) in [6, 6.07) is 10.1. The van der Waals surface area contributed by atoms with Gasteiger partial charge >= 0.3 is 11.9 Å². The Labute approximate surface area is 176 Å². The molecule has 3 atom stereocenters. The van der Waals surface area contributed by atoms with Gasteiger partial charge in [-0.25, -0.2) is 9.59 Å². The van der Waals surface area contributed by atoms with Crippen molar-refractivity contribution in [3.63, 3.8) is 0 Å². The Bertz CT molecular complexity index is 915. The number of rotatable bonds is 4. The molecule has 29 heavy (non-hydrogen) atoms. The van der Waals surface area contributed by atoms with E-state index in [1.807, 2.05) is 24.3 Å². The Morgan fingerprint density at radius 3 is 2.69 bits per heavy atom. The third kappa shape index (κ3) is 5.32. The molecule has 1 aromatic heterocycles. The van der Waals surface area contributed by atoms with E-state index in [0.29, 0.717) is 5.92 Å². The average molecular weight is 433 g/mol. The summed E-state index contributed by atoms with van der Waals surface area (Å²) < 4.78 is 9.17. The van der Waals surface area contributed by atoms with Gasteiger partial charge in [-0.1, -0.05) is 30.0 Å². The summed E-state index contributed by atoms with van der Waals surface area (Å²) in [5.74, 6) is -1.57. The zero-order valence-electron chi connectivity index (χ0n) is 15.5. The van der Waals surface area contributed by atoms with Crippen molar-refractivity contribution in [1.82, 2.24) is 13.6 Å². The van der Waals surface area contributed by atoms with E-state index in [2.05, 4.69) is 19.7 Å². The van der Waals surface area contributed by atoms with Crippen LogP contribution in [0.5, 0.6) is 0 Å². The van der Waals surface area contributed by atoms with Crippen molar-refractivity contribution in [1.29, 1.82) is 5.26 Å². The van der Waals surface area contributed by atoms with E-state index in [9.17, 15) is 5.26 Å². The molecule has 152 valence electrons. The highest BCUT2D eigenvalue weighted by Gasteiger charge is 2.38. The highest BCUT2D eigenvalue weighted by atomic mass is 32.2. The molecular formula is C19H20N4O4S2. The summed E-state index contributed by atoms with van der Waals surface area (Å²) >= 11 is 3.05. The summed E-state index contributed by atoms with van der Waals surface area (Å²) in [5.41, 5.74) is 3.03. The number of aromatic nitrogens is 2. The predicted molar refractivity (Wildman–Crippen MR) is 108 cm³/mol. The first-order chi connectivity index (χ1) is 14.0. The molecule has 3 unspecified atom stereocenters. The lowest BCUT2D eigenvalue weighted by atomic mass is 9.89. The third-order valence-corrected chi connectivity index (χ3v) is 6.77. The molecule has 2 aliphatic rings. The third-order valence-electron chi connectivity index (χ3n) is 5.08. The van der Waals surface area contributed by atoms with E-state index < -0.39 is 11.9 Å². The van der Waals surface area contributed by atoms with Crippen molar-refractivity contribution < 1.29 is 19.8 Å².